The molecule has 7 amide bonds. The lowest BCUT2D eigenvalue weighted by atomic mass is 9.98. The number of aromatic hydroxyl groups is 1. The zero-order valence-corrected chi connectivity index (χ0v) is 47.9. The quantitative estimate of drug-likeness (QED) is 0.0572. The van der Waals surface area contributed by atoms with E-state index in [1.165, 1.54) is 37.3 Å². The molecule has 0 saturated carbocycles. The highest BCUT2D eigenvalue weighted by Gasteiger charge is 2.50. The van der Waals surface area contributed by atoms with E-state index < -0.39 is 152 Å². The molecule has 0 radical (unpaired) electrons. The Hall–Kier alpha value is -7.79. The molecule has 4 aromatic carbocycles. The summed E-state index contributed by atoms with van der Waals surface area (Å²) in [6, 6.07) is 15.7. The lowest BCUT2D eigenvalue weighted by molar-refractivity contribution is -0.147. The standard InChI is InChI=1S/C60H78N10O16/c1-32-30-70-52(53(32)77)58(82)63-29-41(72)27-43(64-54(78)39-10-8-37(9-11-39)35-4-6-36(7-5-35)38-12-14-40(15-13-38)68-20-23-85-24-21-68)55(79)65-49(33(2)71)59(83)69-31-42(73)28-44(69)56(80)66-50(57(81)67-51(60(70)84)46(75)17-18-61)47(76)25-34-3-16-45(74)48(26-34)86-22-19-62/h3-16,26,32-33,41-44,46-47,49-53,71-77H,17-25,27-31,61-62H2,1-2H3,(H,63,82)(H,64,78)(H,65,79)(H,66,80)(H,67,81)/t32-,33+,41+,42+,43?,44-,46+,47+,49-,50-,51-,52-,53-/m0/s1. The van der Waals surface area contributed by atoms with Crippen LogP contribution in [0, 0.1) is 5.92 Å². The van der Waals surface area contributed by atoms with E-state index in [0.29, 0.717) is 13.2 Å². The summed E-state index contributed by atoms with van der Waals surface area (Å²) in [6.45, 7) is 4.13. The number of ether oxygens (including phenoxy) is 2. The lowest BCUT2D eigenvalue weighted by Gasteiger charge is -2.34. The van der Waals surface area contributed by atoms with E-state index in [-0.39, 0.29) is 55.3 Å². The van der Waals surface area contributed by atoms with E-state index in [1.807, 2.05) is 24.3 Å². The van der Waals surface area contributed by atoms with Crippen molar-refractivity contribution >= 4 is 47.0 Å². The van der Waals surface area contributed by atoms with Gasteiger partial charge < -0.3 is 98.0 Å². The molecule has 0 aromatic heterocycles. The molecule has 1 unspecified atom stereocenters. The van der Waals surface area contributed by atoms with Crippen molar-refractivity contribution in [2.45, 2.75) is 112 Å². The van der Waals surface area contributed by atoms with Gasteiger partial charge in [0, 0.05) is 75.7 Å². The summed E-state index contributed by atoms with van der Waals surface area (Å²) in [5.41, 5.74) is 16.5. The van der Waals surface area contributed by atoms with Crippen molar-refractivity contribution in [2.24, 2.45) is 17.4 Å². The predicted octanol–water partition coefficient (Wildman–Crippen LogP) is -2.80. The number of hydrogen-bond acceptors (Lipinski definition) is 19. The fraction of sp³-hybridized carbons (Fsp3) is 0.483. The van der Waals surface area contributed by atoms with Gasteiger partial charge in [-0.15, -0.1) is 0 Å². The Morgan fingerprint density at radius 3 is 1.91 bits per heavy atom. The molecule has 86 heavy (non-hydrogen) atoms. The monoisotopic (exact) mass is 1190 g/mol. The van der Waals surface area contributed by atoms with Crippen molar-refractivity contribution in [3.8, 4) is 33.8 Å². The molecule has 4 aliphatic rings. The number of aliphatic hydroxyl groups excluding tert-OH is 6. The fourth-order valence-electron chi connectivity index (χ4n) is 11.2. The van der Waals surface area contributed by atoms with E-state index >= 15 is 0 Å². The third-order valence-corrected chi connectivity index (χ3v) is 16.0. The van der Waals surface area contributed by atoms with Gasteiger partial charge in [-0.1, -0.05) is 61.5 Å². The second-order valence-corrected chi connectivity index (χ2v) is 22.3. The highest BCUT2D eigenvalue weighted by atomic mass is 16.5. The first-order chi connectivity index (χ1) is 41.1. The number of anilines is 1. The predicted molar refractivity (Wildman–Crippen MR) is 312 cm³/mol. The summed E-state index contributed by atoms with van der Waals surface area (Å²) >= 11 is 0. The van der Waals surface area contributed by atoms with Gasteiger partial charge in [0.05, 0.1) is 49.8 Å². The third kappa shape index (κ3) is 15.4. The molecule has 0 spiro atoms. The van der Waals surface area contributed by atoms with Crippen LogP contribution >= 0.6 is 0 Å². The maximum Gasteiger partial charge on any atom is 0.251 e. The molecule has 16 N–H and O–H groups in total. The number of nitrogens with two attached hydrogens (primary N) is 2. The SMILES string of the molecule is C[C@@H](O)[C@@H]1NC(=O)C(NC(=O)c2ccc(-c3ccc(-c4ccc(N5CCOCC5)cc4)cc3)cc2)C[C@@H](O)CNC(=O)[C@@H]2[C@@H](O)[C@@H](C)CN2C(=O)[C@H]([C@H](O)CCN)NC(=O)[C@H]([C@H](O)Cc2ccc(O)c(OCCN)c2)NC(=O)[C@@H]2C[C@@H](O)CN2C1=O. The summed E-state index contributed by atoms with van der Waals surface area (Å²) in [5.74, 6) is -8.55. The van der Waals surface area contributed by atoms with Gasteiger partial charge in [-0.3, -0.25) is 33.6 Å². The van der Waals surface area contributed by atoms with Gasteiger partial charge in [0.2, 0.25) is 35.4 Å². The molecule has 0 bridgehead atoms. The van der Waals surface area contributed by atoms with E-state index in [0.717, 1.165) is 57.8 Å². The maximum atomic E-state index is 14.7. The van der Waals surface area contributed by atoms with E-state index in [2.05, 4.69) is 55.7 Å². The van der Waals surface area contributed by atoms with Crippen molar-refractivity contribution in [3.05, 3.63) is 102 Å². The van der Waals surface area contributed by atoms with Crippen LogP contribution in [0.25, 0.3) is 22.3 Å². The molecule has 4 fully saturated rings. The van der Waals surface area contributed by atoms with Gasteiger partial charge in [0.15, 0.2) is 11.5 Å². The van der Waals surface area contributed by atoms with Crippen LogP contribution in [0.2, 0.25) is 0 Å². The summed E-state index contributed by atoms with van der Waals surface area (Å²) in [6.07, 6.45) is -11.8. The topological polar surface area (TPSA) is 401 Å². The number of aliphatic hydroxyl groups is 6. The molecule has 0 aliphatic carbocycles. The molecule has 464 valence electrons. The molecule has 4 aliphatic heterocycles. The Labute approximate surface area is 496 Å². The van der Waals surface area contributed by atoms with Gasteiger partial charge in [0.1, 0.15) is 42.9 Å². The van der Waals surface area contributed by atoms with Gasteiger partial charge >= 0.3 is 0 Å². The van der Waals surface area contributed by atoms with Crippen LogP contribution in [0.3, 0.4) is 0 Å². The van der Waals surface area contributed by atoms with Crippen LogP contribution in [-0.2, 0) is 39.9 Å². The normalized spacial score (nSPS) is 26.7. The summed E-state index contributed by atoms with van der Waals surface area (Å²) in [4.78, 5) is 105. The molecular formula is C60H78N10O16. The van der Waals surface area contributed by atoms with E-state index in [9.17, 15) is 69.3 Å². The smallest absolute Gasteiger partial charge is 0.251 e. The number of morpholine rings is 1. The van der Waals surface area contributed by atoms with Gasteiger partial charge in [-0.05, 0) is 84.1 Å². The van der Waals surface area contributed by atoms with Crippen molar-refractivity contribution in [1.82, 2.24) is 36.4 Å². The largest absolute Gasteiger partial charge is 0.504 e. The zero-order valence-electron chi connectivity index (χ0n) is 47.9. The molecule has 26 nitrogen and oxygen atoms in total. The minimum Gasteiger partial charge on any atom is -0.504 e. The number of carbonyl (C=O) groups is 7. The minimum atomic E-state index is -2.03. The number of amides is 7. The highest BCUT2D eigenvalue weighted by Crippen LogP contribution is 2.31. The van der Waals surface area contributed by atoms with Crippen LogP contribution in [0.4, 0.5) is 5.69 Å². The molecule has 26 heteroatoms. The van der Waals surface area contributed by atoms with Crippen LogP contribution in [-0.4, -0.2) is 225 Å². The number of hydrogen-bond donors (Lipinski definition) is 14. The van der Waals surface area contributed by atoms with Crippen LogP contribution in [0.5, 0.6) is 11.5 Å². The van der Waals surface area contributed by atoms with Gasteiger partial charge in [-0.2, -0.15) is 0 Å². The zero-order chi connectivity index (χ0) is 61.9. The number of nitrogens with zero attached hydrogens (tertiary/aromatic N) is 3. The molecule has 4 aromatic rings. The Bertz CT molecular complexity index is 3020. The molecule has 4 heterocycles. The van der Waals surface area contributed by atoms with E-state index in [4.69, 9.17) is 20.9 Å². The van der Waals surface area contributed by atoms with Crippen molar-refractivity contribution < 1.29 is 78.8 Å². The molecule has 8 rings (SSSR count). The number of rotatable bonds is 15. The summed E-state index contributed by atoms with van der Waals surface area (Å²) in [5, 5.41) is 91.2. The number of phenols is 1. The number of phenolic OH excluding ortho intramolecular Hbond substituents is 1. The summed E-state index contributed by atoms with van der Waals surface area (Å²) in [7, 11) is 0. The Kier molecular flexibility index (Phi) is 21.7. The lowest BCUT2D eigenvalue weighted by Crippen LogP contribution is -2.64. The maximum absolute atomic E-state index is 14.7. The Morgan fingerprint density at radius 2 is 1.29 bits per heavy atom. The summed E-state index contributed by atoms with van der Waals surface area (Å²) < 4.78 is 11.0. The first kappa shape index (κ1) is 64.2. The molecule has 4 saturated heterocycles. The second-order valence-electron chi connectivity index (χ2n) is 22.3. The van der Waals surface area contributed by atoms with Crippen molar-refractivity contribution in [1.29, 1.82) is 0 Å². The first-order valence-electron chi connectivity index (χ1n) is 28.8. The minimum absolute atomic E-state index is 0.00187. The van der Waals surface area contributed by atoms with Gasteiger partial charge in [-0.25, -0.2) is 0 Å². The van der Waals surface area contributed by atoms with Crippen LogP contribution < -0.4 is 47.7 Å². The second kappa shape index (κ2) is 29.1. The molecule has 13 atom stereocenters. The number of nitrogens with one attached hydrogen (secondary N) is 5. The van der Waals surface area contributed by atoms with Crippen molar-refractivity contribution in [2.75, 3.05) is 70.5 Å². The van der Waals surface area contributed by atoms with E-state index in [1.54, 1.807) is 12.1 Å². The number of fused-ring (bicyclic) bond motifs is 2. The average Bonchev–Trinajstić information content (AvgIpc) is 2.00. The molecular weight excluding hydrogens is 1120 g/mol. The Morgan fingerprint density at radius 1 is 0.698 bits per heavy atom. The highest BCUT2D eigenvalue weighted by molar-refractivity contribution is 6.00. The third-order valence-electron chi connectivity index (χ3n) is 16.0. The number of benzene rings is 4. The van der Waals surface area contributed by atoms with Crippen LogP contribution in [0.15, 0.2) is 91.0 Å². The fourth-order valence-corrected chi connectivity index (χ4v) is 11.2. The Balaban J connectivity index is 1.07. The number of β-amino-alcohol motifs (C(OH)–C–C–N with tert-alkyl or cyclic N) is 1. The van der Waals surface area contributed by atoms with Crippen molar-refractivity contribution in [3.63, 3.8) is 0 Å². The van der Waals surface area contributed by atoms with Crippen LogP contribution in [0.1, 0.15) is 49.0 Å². The average molecular weight is 1200 g/mol. The first-order valence-corrected chi connectivity index (χ1v) is 28.8. The number of carbonyl (C=O) groups excluding carboxylic acids is 7. The van der Waals surface area contributed by atoms with Gasteiger partial charge in [0.25, 0.3) is 5.91 Å².